The number of nitrogens with two attached hydrogens (primary N) is 1. The van der Waals surface area contributed by atoms with Gasteiger partial charge in [-0.15, -0.1) is 0 Å². The Balaban J connectivity index is 2.98. The van der Waals surface area contributed by atoms with Gasteiger partial charge in [-0.1, -0.05) is 17.9 Å². The van der Waals surface area contributed by atoms with Crippen LogP contribution in [-0.4, -0.2) is 29.6 Å². The van der Waals surface area contributed by atoms with Crippen LogP contribution in [0.25, 0.3) is 0 Å². The van der Waals surface area contributed by atoms with Gasteiger partial charge >= 0.3 is 0 Å². The summed E-state index contributed by atoms with van der Waals surface area (Å²) in [6.07, 6.45) is 0. The van der Waals surface area contributed by atoms with Gasteiger partial charge in [-0.05, 0) is 31.5 Å². The number of aryl methyl sites for hydroxylation is 1. The zero-order chi connectivity index (χ0) is 14.4. The molecule has 0 saturated carbocycles. The minimum absolute atomic E-state index is 0.242. The molecule has 5 nitrogen and oxygen atoms in total. The molecule has 0 aromatic heterocycles. The topological polar surface area (TPSA) is 92.4 Å². The summed E-state index contributed by atoms with van der Waals surface area (Å²) in [5.74, 6) is 4.26. The minimum atomic E-state index is -0.737. The average Bonchev–Trinajstić information content (AvgIpc) is 2.37. The number of carbonyl (C=O) groups excluding carboxylic acids is 2. The third kappa shape index (κ3) is 4.12. The molecule has 100 valence electrons. The van der Waals surface area contributed by atoms with E-state index in [0.29, 0.717) is 11.1 Å². The lowest BCUT2D eigenvalue weighted by Crippen LogP contribution is -2.42. The van der Waals surface area contributed by atoms with E-state index in [9.17, 15) is 9.59 Å². The second-order valence-electron chi connectivity index (χ2n) is 4.09. The Labute approximate surface area is 111 Å². The zero-order valence-corrected chi connectivity index (χ0v) is 10.9. The molecule has 1 rings (SSSR count). The van der Waals surface area contributed by atoms with Crippen LogP contribution in [0.1, 0.15) is 28.4 Å². The van der Waals surface area contributed by atoms with Crippen molar-refractivity contribution < 1.29 is 14.7 Å². The number of benzene rings is 1. The maximum absolute atomic E-state index is 12.0. The molecule has 0 radical (unpaired) electrons. The molecular weight excluding hydrogens is 244 g/mol. The molecule has 0 saturated heterocycles. The van der Waals surface area contributed by atoms with Crippen molar-refractivity contribution in [3.05, 3.63) is 34.9 Å². The summed E-state index contributed by atoms with van der Waals surface area (Å²) in [5.41, 5.74) is 6.91. The fraction of sp³-hybridized carbons (Fsp3) is 0.286. The van der Waals surface area contributed by atoms with Crippen LogP contribution >= 0.6 is 0 Å². The van der Waals surface area contributed by atoms with E-state index in [1.54, 1.807) is 25.1 Å². The van der Waals surface area contributed by atoms with Crippen LogP contribution in [0.5, 0.6) is 0 Å². The molecule has 0 bridgehead atoms. The Morgan fingerprint density at radius 1 is 1.47 bits per heavy atom. The van der Waals surface area contributed by atoms with Gasteiger partial charge in [-0.3, -0.25) is 9.59 Å². The molecule has 0 aliphatic carbocycles. The summed E-state index contributed by atoms with van der Waals surface area (Å²) in [7, 11) is 0. The normalized spacial score (nSPS) is 11.1. The molecule has 1 aromatic rings. The van der Waals surface area contributed by atoms with Crippen molar-refractivity contribution in [1.82, 2.24) is 5.32 Å². The maximum atomic E-state index is 12.0. The monoisotopic (exact) mass is 260 g/mol. The van der Waals surface area contributed by atoms with Crippen LogP contribution in [0, 0.1) is 18.8 Å². The predicted octanol–water partition coefficient (Wildman–Crippen LogP) is -0.0576. The molecule has 1 unspecified atom stereocenters. The van der Waals surface area contributed by atoms with Crippen molar-refractivity contribution >= 4 is 11.8 Å². The first kappa shape index (κ1) is 14.7. The molecule has 0 fully saturated rings. The molecular formula is C14H16N2O3. The highest BCUT2D eigenvalue weighted by molar-refractivity contribution is 5.98. The summed E-state index contributed by atoms with van der Waals surface area (Å²) >= 11 is 0. The second kappa shape index (κ2) is 6.57. The van der Waals surface area contributed by atoms with Crippen molar-refractivity contribution in [2.45, 2.75) is 19.9 Å². The SMILES string of the molecule is Cc1ccc(C#CCO)cc1C(=O)NC(C)C(N)=O. The number of aliphatic hydroxyl groups is 1. The lowest BCUT2D eigenvalue weighted by molar-refractivity contribution is -0.119. The van der Waals surface area contributed by atoms with Crippen LogP contribution in [0.3, 0.4) is 0 Å². The largest absolute Gasteiger partial charge is 0.384 e. The van der Waals surface area contributed by atoms with Crippen LogP contribution in [0.15, 0.2) is 18.2 Å². The van der Waals surface area contributed by atoms with Gasteiger partial charge in [0.2, 0.25) is 5.91 Å². The molecule has 0 aliphatic heterocycles. The molecule has 0 aliphatic rings. The van der Waals surface area contributed by atoms with E-state index < -0.39 is 11.9 Å². The van der Waals surface area contributed by atoms with Crippen LogP contribution in [0.4, 0.5) is 0 Å². The Morgan fingerprint density at radius 3 is 2.74 bits per heavy atom. The lowest BCUT2D eigenvalue weighted by Gasteiger charge is -2.12. The highest BCUT2D eigenvalue weighted by Crippen LogP contribution is 2.11. The summed E-state index contributed by atoms with van der Waals surface area (Å²) in [5, 5.41) is 11.1. The molecule has 0 spiro atoms. The van der Waals surface area contributed by atoms with E-state index in [1.807, 2.05) is 0 Å². The van der Waals surface area contributed by atoms with E-state index in [4.69, 9.17) is 10.8 Å². The fourth-order valence-corrected chi connectivity index (χ4v) is 1.43. The van der Waals surface area contributed by atoms with E-state index >= 15 is 0 Å². The Morgan fingerprint density at radius 2 is 2.16 bits per heavy atom. The van der Waals surface area contributed by atoms with Gasteiger partial charge in [0.25, 0.3) is 5.91 Å². The first-order valence-electron chi connectivity index (χ1n) is 5.76. The van der Waals surface area contributed by atoms with Crippen LogP contribution < -0.4 is 11.1 Å². The maximum Gasteiger partial charge on any atom is 0.252 e. The quantitative estimate of drug-likeness (QED) is 0.665. The van der Waals surface area contributed by atoms with E-state index in [0.717, 1.165) is 5.56 Å². The van der Waals surface area contributed by atoms with E-state index in [1.165, 1.54) is 6.92 Å². The minimum Gasteiger partial charge on any atom is -0.384 e. The summed E-state index contributed by atoms with van der Waals surface area (Å²) < 4.78 is 0. The van der Waals surface area contributed by atoms with Crippen molar-refractivity contribution in [2.24, 2.45) is 5.73 Å². The van der Waals surface area contributed by atoms with Crippen LogP contribution in [0.2, 0.25) is 0 Å². The van der Waals surface area contributed by atoms with Crippen molar-refractivity contribution in [1.29, 1.82) is 0 Å². The highest BCUT2D eigenvalue weighted by Gasteiger charge is 2.15. The van der Waals surface area contributed by atoms with Gasteiger partial charge in [0, 0.05) is 11.1 Å². The number of rotatable bonds is 3. The Bertz CT molecular complexity index is 556. The van der Waals surface area contributed by atoms with Crippen molar-refractivity contribution in [3.8, 4) is 11.8 Å². The number of carbonyl (C=O) groups is 2. The average molecular weight is 260 g/mol. The standard InChI is InChI=1S/C14H16N2O3/c1-9-5-6-11(4-3-7-17)8-12(9)14(19)16-10(2)13(15)18/h5-6,8,10,17H,7H2,1-2H3,(H2,15,18)(H,16,19). The Kier molecular flexibility index (Phi) is 5.10. The van der Waals surface area contributed by atoms with Gasteiger partial charge in [0.1, 0.15) is 12.6 Å². The van der Waals surface area contributed by atoms with Gasteiger partial charge in [0.15, 0.2) is 0 Å². The van der Waals surface area contributed by atoms with Gasteiger partial charge < -0.3 is 16.2 Å². The number of nitrogens with one attached hydrogen (secondary N) is 1. The Hall–Kier alpha value is -2.32. The van der Waals surface area contributed by atoms with E-state index in [-0.39, 0.29) is 12.5 Å². The van der Waals surface area contributed by atoms with Gasteiger partial charge in [-0.2, -0.15) is 0 Å². The third-order valence-electron chi connectivity index (χ3n) is 2.57. The first-order valence-corrected chi connectivity index (χ1v) is 5.76. The number of aliphatic hydroxyl groups excluding tert-OH is 1. The van der Waals surface area contributed by atoms with E-state index in [2.05, 4.69) is 17.2 Å². The van der Waals surface area contributed by atoms with Crippen molar-refractivity contribution in [3.63, 3.8) is 0 Å². The fourth-order valence-electron chi connectivity index (χ4n) is 1.43. The summed E-state index contributed by atoms with van der Waals surface area (Å²) in [4.78, 5) is 22.9. The number of amides is 2. The smallest absolute Gasteiger partial charge is 0.252 e. The molecule has 2 amide bonds. The summed E-state index contributed by atoms with van der Waals surface area (Å²) in [6, 6.07) is 4.39. The highest BCUT2D eigenvalue weighted by atomic mass is 16.2. The zero-order valence-electron chi connectivity index (χ0n) is 10.9. The van der Waals surface area contributed by atoms with Gasteiger partial charge in [0.05, 0.1) is 0 Å². The number of primary amides is 1. The molecule has 0 heterocycles. The predicted molar refractivity (Wildman–Crippen MR) is 71.3 cm³/mol. The van der Waals surface area contributed by atoms with Gasteiger partial charge in [-0.25, -0.2) is 0 Å². The van der Waals surface area contributed by atoms with Crippen LogP contribution in [-0.2, 0) is 4.79 Å². The first-order chi connectivity index (χ1) is 8.95. The molecule has 19 heavy (non-hydrogen) atoms. The molecule has 1 aromatic carbocycles. The molecule has 1 atom stereocenters. The molecule has 5 heteroatoms. The lowest BCUT2D eigenvalue weighted by atomic mass is 10.0. The summed E-state index contributed by atoms with van der Waals surface area (Å²) in [6.45, 7) is 3.06. The third-order valence-corrected chi connectivity index (χ3v) is 2.57. The number of hydrogen-bond acceptors (Lipinski definition) is 3. The number of hydrogen-bond donors (Lipinski definition) is 3. The second-order valence-corrected chi connectivity index (χ2v) is 4.09. The van der Waals surface area contributed by atoms with Crippen molar-refractivity contribution in [2.75, 3.05) is 6.61 Å². The molecule has 4 N–H and O–H groups in total.